The van der Waals surface area contributed by atoms with Crippen molar-refractivity contribution in [3.63, 3.8) is 0 Å². The van der Waals surface area contributed by atoms with Gasteiger partial charge in [0.25, 0.3) is 0 Å². The Kier molecular flexibility index (Phi) is 6.53. The molecule has 2 aliphatic carbocycles. The molecule has 0 atom stereocenters. The van der Waals surface area contributed by atoms with Crippen molar-refractivity contribution >= 4 is 11.6 Å². The molecule has 2 aliphatic rings. The number of hydrogen-bond acceptors (Lipinski definition) is 3. The Labute approximate surface area is 162 Å². The fourth-order valence-electron chi connectivity index (χ4n) is 3.03. The molecular weight excluding hydrogens is 334 g/mol. The van der Waals surface area contributed by atoms with Crippen molar-refractivity contribution in [1.82, 2.24) is 10.6 Å². The van der Waals surface area contributed by atoms with Crippen molar-refractivity contribution < 1.29 is 4.79 Å². The second kappa shape index (κ2) is 9.26. The quantitative estimate of drug-likeness (QED) is 0.577. The summed E-state index contributed by atoms with van der Waals surface area (Å²) >= 11 is 0. The molecule has 3 rings (SSSR count). The smallest absolute Gasteiger partial charge is 0.222 e. The molecule has 0 aliphatic heterocycles. The molecule has 1 saturated carbocycles. The van der Waals surface area contributed by atoms with Crippen molar-refractivity contribution in [2.75, 3.05) is 11.9 Å². The SMILES string of the molecule is C=C(NCCC(=O)NCc1cccc(NC(=C)C2CC2)c1)C1=CCCC=C1. The molecule has 142 valence electrons. The average molecular weight is 364 g/mol. The van der Waals surface area contributed by atoms with Gasteiger partial charge in [0.2, 0.25) is 5.91 Å². The van der Waals surface area contributed by atoms with Crippen LogP contribution in [0.1, 0.15) is 37.7 Å². The minimum atomic E-state index is 0.0317. The van der Waals surface area contributed by atoms with Crippen LogP contribution in [0, 0.1) is 5.92 Å². The first-order chi connectivity index (χ1) is 13.1. The van der Waals surface area contributed by atoms with Crippen LogP contribution in [-0.4, -0.2) is 12.5 Å². The number of allylic oxidation sites excluding steroid dienone is 4. The van der Waals surface area contributed by atoms with Crippen LogP contribution >= 0.6 is 0 Å². The fraction of sp³-hybridized carbons (Fsp3) is 0.348. The minimum absolute atomic E-state index is 0.0317. The lowest BCUT2D eigenvalue weighted by Crippen LogP contribution is -2.27. The minimum Gasteiger partial charge on any atom is -0.385 e. The largest absolute Gasteiger partial charge is 0.385 e. The van der Waals surface area contributed by atoms with Gasteiger partial charge in [-0.3, -0.25) is 4.79 Å². The highest BCUT2D eigenvalue weighted by atomic mass is 16.1. The number of amides is 1. The molecule has 3 N–H and O–H groups in total. The Hall–Kier alpha value is -2.75. The second-order valence-corrected chi connectivity index (χ2v) is 7.20. The van der Waals surface area contributed by atoms with Crippen molar-refractivity contribution in [3.8, 4) is 0 Å². The first kappa shape index (κ1) is 19.0. The van der Waals surface area contributed by atoms with E-state index in [2.05, 4.69) is 53.4 Å². The first-order valence-corrected chi connectivity index (χ1v) is 9.73. The van der Waals surface area contributed by atoms with Gasteiger partial charge in [0.05, 0.1) is 0 Å². The summed E-state index contributed by atoms with van der Waals surface area (Å²) in [6.45, 7) is 9.25. The van der Waals surface area contributed by atoms with E-state index in [-0.39, 0.29) is 5.91 Å². The molecule has 0 spiro atoms. The number of anilines is 1. The number of hydrogen-bond donors (Lipinski definition) is 3. The maximum atomic E-state index is 12.1. The van der Waals surface area contributed by atoms with Gasteiger partial charge in [0.1, 0.15) is 0 Å². The van der Waals surface area contributed by atoms with E-state index in [4.69, 9.17) is 0 Å². The number of nitrogens with one attached hydrogen (secondary N) is 3. The number of rotatable bonds is 10. The van der Waals surface area contributed by atoms with Crippen LogP contribution in [0.2, 0.25) is 0 Å². The summed E-state index contributed by atoms with van der Waals surface area (Å²) in [5.41, 5.74) is 5.20. The first-order valence-electron chi connectivity index (χ1n) is 9.73. The van der Waals surface area contributed by atoms with Gasteiger partial charge in [0, 0.05) is 36.6 Å². The molecular formula is C23H29N3O. The van der Waals surface area contributed by atoms with E-state index >= 15 is 0 Å². The van der Waals surface area contributed by atoms with Crippen LogP contribution in [0.4, 0.5) is 5.69 Å². The molecule has 1 amide bonds. The molecule has 0 bridgehead atoms. The molecule has 0 unspecified atom stereocenters. The van der Waals surface area contributed by atoms with Gasteiger partial charge in [-0.15, -0.1) is 0 Å². The molecule has 0 radical (unpaired) electrons. The van der Waals surface area contributed by atoms with E-state index in [9.17, 15) is 4.79 Å². The summed E-state index contributed by atoms with van der Waals surface area (Å²) in [6, 6.07) is 8.12. The zero-order valence-corrected chi connectivity index (χ0v) is 15.9. The topological polar surface area (TPSA) is 53.2 Å². The van der Waals surface area contributed by atoms with Gasteiger partial charge < -0.3 is 16.0 Å². The Morgan fingerprint density at radius 3 is 2.74 bits per heavy atom. The highest BCUT2D eigenvalue weighted by Crippen LogP contribution is 2.35. The monoisotopic (exact) mass is 363 g/mol. The second-order valence-electron chi connectivity index (χ2n) is 7.20. The van der Waals surface area contributed by atoms with Crippen molar-refractivity contribution in [3.05, 3.63) is 78.2 Å². The van der Waals surface area contributed by atoms with Gasteiger partial charge >= 0.3 is 0 Å². The Morgan fingerprint density at radius 1 is 1.15 bits per heavy atom. The van der Waals surface area contributed by atoms with E-state index in [1.807, 2.05) is 18.2 Å². The Morgan fingerprint density at radius 2 is 2.00 bits per heavy atom. The summed E-state index contributed by atoms with van der Waals surface area (Å²) in [6.07, 6.45) is 11.4. The molecule has 1 fully saturated rings. The van der Waals surface area contributed by atoms with Gasteiger partial charge in [-0.05, 0) is 54.9 Å². The highest BCUT2D eigenvalue weighted by molar-refractivity contribution is 5.76. The zero-order chi connectivity index (χ0) is 19.1. The maximum Gasteiger partial charge on any atom is 0.222 e. The van der Waals surface area contributed by atoms with E-state index < -0.39 is 0 Å². The van der Waals surface area contributed by atoms with Gasteiger partial charge in [-0.2, -0.15) is 0 Å². The fourth-order valence-corrected chi connectivity index (χ4v) is 3.03. The molecule has 1 aromatic rings. The molecule has 0 aromatic heterocycles. The van der Waals surface area contributed by atoms with Crippen LogP contribution in [-0.2, 0) is 11.3 Å². The molecule has 4 nitrogen and oxygen atoms in total. The van der Waals surface area contributed by atoms with Crippen LogP contribution in [0.3, 0.4) is 0 Å². The summed E-state index contributed by atoms with van der Waals surface area (Å²) < 4.78 is 0. The van der Waals surface area contributed by atoms with Crippen LogP contribution < -0.4 is 16.0 Å². The van der Waals surface area contributed by atoms with Crippen LogP contribution in [0.5, 0.6) is 0 Å². The van der Waals surface area contributed by atoms with E-state index in [1.165, 1.54) is 12.8 Å². The van der Waals surface area contributed by atoms with Crippen molar-refractivity contribution in [1.29, 1.82) is 0 Å². The van der Waals surface area contributed by atoms with Gasteiger partial charge in [0.15, 0.2) is 0 Å². The highest BCUT2D eigenvalue weighted by Gasteiger charge is 2.24. The van der Waals surface area contributed by atoms with E-state index in [1.54, 1.807) is 0 Å². The molecule has 0 heterocycles. The normalized spacial score (nSPS) is 15.6. The van der Waals surface area contributed by atoms with Crippen LogP contribution in [0.25, 0.3) is 0 Å². The summed E-state index contributed by atoms with van der Waals surface area (Å²) in [5.74, 6) is 0.652. The zero-order valence-electron chi connectivity index (χ0n) is 15.9. The van der Waals surface area contributed by atoms with Crippen molar-refractivity contribution in [2.45, 2.75) is 38.6 Å². The molecule has 27 heavy (non-hydrogen) atoms. The molecule has 0 saturated heterocycles. The molecule has 4 heteroatoms. The number of carbonyl (C=O) groups is 1. The summed E-state index contributed by atoms with van der Waals surface area (Å²) in [5, 5.41) is 9.59. The Balaban J connectivity index is 1.37. The summed E-state index contributed by atoms with van der Waals surface area (Å²) in [4.78, 5) is 12.1. The predicted molar refractivity (Wildman–Crippen MR) is 112 cm³/mol. The number of carbonyl (C=O) groups excluding carboxylic acids is 1. The summed E-state index contributed by atoms with van der Waals surface area (Å²) in [7, 11) is 0. The third kappa shape index (κ3) is 6.17. The third-order valence-corrected chi connectivity index (χ3v) is 4.83. The third-order valence-electron chi connectivity index (χ3n) is 4.83. The van der Waals surface area contributed by atoms with Gasteiger partial charge in [-0.1, -0.05) is 43.5 Å². The lowest BCUT2D eigenvalue weighted by Gasteiger charge is -2.13. The van der Waals surface area contributed by atoms with Gasteiger partial charge in [-0.25, -0.2) is 0 Å². The predicted octanol–water partition coefficient (Wildman–Crippen LogP) is 4.41. The lowest BCUT2D eigenvalue weighted by atomic mass is 10.1. The molecule has 1 aromatic carbocycles. The maximum absolute atomic E-state index is 12.1. The van der Waals surface area contributed by atoms with E-state index in [0.717, 1.165) is 41.1 Å². The number of benzene rings is 1. The van der Waals surface area contributed by atoms with Crippen molar-refractivity contribution in [2.24, 2.45) is 5.92 Å². The van der Waals surface area contributed by atoms with Crippen LogP contribution in [0.15, 0.2) is 72.6 Å². The standard InChI is InChI=1S/C23H29N3O/c1-17(20-8-4-3-5-9-20)24-14-13-23(27)25-16-19-7-6-10-22(15-19)26-18(2)21-11-12-21/h4,6-10,15,21,24,26H,1-3,5,11-14,16H2,(H,25,27). The lowest BCUT2D eigenvalue weighted by molar-refractivity contribution is -0.121. The average Bonchev–Trinajstić information content (AvgIpc) is 3.53. The van der Waals surface area contributed by atoms with E-state index in [0.29, 0.717) is 25.4 Å². The Bertz CT molecular complexity index is 772.